The maximum atomic E-state index is 13.5. The smallest absolute Gasteiger partial charge is 0.392 e. The van der Waals surface area contributed by atoms with E-state index in [4.69, 9.17) is 16.7 Å². The van der Waals surface area contributed by atoms with Crippen LogP contribution in [0.2, 0.25) is 5.02 Å². The highest BCUT2D eigenvalue weighted by Gasteiger charge is 2.45. The van der Waals surface area contributed by atoms with Crippen molar-refractivity contribution in [1.82, 2.24) is 0 Å². The monoisotopic (exact) mass is 455 g/mol. The Hall–Kier alpha value is -2.54. The Morgan fingerprint density at radius 1 is 1.06 bits per heavy atom. The third-order valence-electron chi connectivity index (χ3n) is 5.30. The van der Waals surface area contributed by atoms with E-state index in [9.17, 15) is 22.8 Å². The molecule has 0 saturated heterocycles. The van der Waals surface area contributed by atoms with Crippen LogP contribution in [-0.4, -0.2) is 23.2 Å². The number of aryl methyl sites for hydroxylation is 1. The number of aliphatic carboxylic acids is 1. The van der Waals surface area contributed by atoms with Gasteiger partial charge in [0.05, 0.1) is 28.5 Å². The highest BCUT2D eigenvalue weighted by molar-refractivity contribution is 6.33. The van der Waals surface area contributed by atoms with Gasteiger partial charge in [0.15, 0.2) is 0 Å². The number of amides is 1. The number of carbonyl (C=O) groups is 2. The summed E-state index contributed by atoms with van der Waals surface area (Å²) in [6, 6.07) is 11.1. The van der Waals surface area contributed by atoms with Gasteiger partial charge in [0.25, 0.3) is 0 Å². The molecule has 0 saturated carbocycles. The molecule has 2 rings (SSSR count). The second kappa shape index (κ2) is 10.2. The summed E-state index contributed by atoms with van der Waals surface area (Å²) in [5.41, 5.74) is 1.95. The molecular weight excluding hydrogens is 431 g/mol. The molecule has 0 heterocycles. The van der Waals surface area contributed by atoms with E-state index in [1.54, 1.807) is 18.2 Å². The second-order valence-electron chi connectivity index (χ2n) is 7.65. The maximum Gasteiger partial charge on any atom is 0.392 e. The van der Waals surface area contributed by atoms with Crippen molar-refractivity contribution >= 4 is 29.2 Å². The van der Waals surface area contributed by atoms with Gasteiger partial charge in [-0.3, -0.25) is 9.59 Å². The molecule has 0 aliphatic rings. The number of hydrogen-bond acceptors (Lipinski definition) is 2. The van der Waals surface area contributed by atoms with E-state index in [1.165, 1.54) is 31.2 Å². The number of halogens is 4. The van der Waals surface area contributed by atoms with E-state index in [-0.39, 0.29) is 22.7 Å². The highest BCUT2D eigenvalue weighted by Crippen LogP contribution is 2.38. The Morgan fingerprint density at radius 3 is 2.16 bits per heavy atom. The fourth-order valence-electron chi connectivity index (χ4n) is 3.26. The fraction of sp³-hybridized carbons (Fsp3) is 0.391. The summed E-state index contributed by atoms with van der Waals surface area (Å²) in [4.78, 5) is 24.1. The molecule has 0 spiro atoms. The van der Waals surface area contributed by atoms with Crippen LogP contribution in [0, 0.1) is 11.8 Å². The van der Waals surface area contributed by atoms with Crippen LogP contribution in [-0.2, 0) is 22.4 Å². The van der Waals surface area contributed by atoms with E-state index < -0.39 is 35.8 Å². The first kappa shape index (κ1) is 24.7. The average molecular weight is 456 g/mol. The van der Waals surface area contributed by atoms with Crippen molar-refractivity contribution in [3.05, 3.63) is 64.2 Å². The Morgan fingerprint density at radius 2 is 1.65 bits per heavy atom. The van der Waals surface area contributed by atoms with Gasteiger partial charge in [-0.15, -0.1) is 0 Å². The average Bonchev–Trinajstić information content (AvgIpc) is 2.70. The van der Waals surface area contributed by atoms with Crippen molar-refractivity contribution in [2.24, 2.45) is 11.8 Å². The number of carbonyl (C=O) groups excluding carboxylic acids is 1. The Bertz CT molecular complexity index is 929. The van der Waals surface area contributed by atoms with Crippen LogP contribution in [0.3, 0.4) is 0 Å². The molecule has 0 aliphatic carbocycles. The lowest BCUT2D eigenvalue weighted by Crippen LogP contribution is -2.34. The molecule has 2 aromatic carbocycles. The molecule has 4 nitrogen and oxygen atoms in total. The first-order chi connectivity index (χ1) is 14.4. The minimum atomic E-state index is -4.58. The van der Waals surface area contributed by atoms with Crippen LogP contribution in [0.5, 0.6) is 0 Å². The van der Waals surface area contributed by atoms with Gasteiger partial charge >= 0.3 is 12.1 Å². The maximum absolute atomic E-state index is 13.5. The zero-order valence-corrected chi connectivity index (χ0v) is 18.2. The van der Waals surface area contributed by atoms with Crippen LogP contribution in [0.15, 0.2) is 42.5 Å². The molecule has 1 amide bonds. The summed E-state index contributed by atoms with van der Waals surface area (Å²) in [5, 5.41) is 11.8. The zero-order chi connectivity index (χ0) is 23.3. The van der Waals surface area contributed by atoms with Gasteiger partial charge in [0.2, 0.25) is 5.91 Å². The first-order valence-electron chi connectivity index (χ1n) is 9.91. The fourth-order valence-corrected chi connectivity index (χ4v) is 3.43. The van der Waals surface area contributed by atoms with Gasteiger partial charge in [-0.25, -0.2) is 0 Å². The molecule has 8 heteroatoms. The number of rotatable bonds is 8. The highest BCUT2D eigenvalue weighted by atomic mass is 35.5. The minimum absolute atomic E-state index is 0.145. The SMILES string of the molecule is CCc1ccc([C@@H](C(=O)Nc2cc(CC(C)C(=O)O)ccc2Cl)[C@@H](C)C(F)(F)F)cc1. The molecule has 0 bridgehead atoms. The number of hydrogen-bond donors (Lipinski definition) is 2. The third-order valence-corrected chi connectivity index (χ3v) is 5.63. The van der Waals surface area contributed by atoms with Gasteiger partial charge in [-0.05, 0) is 41.7 Å². The molecule has 0 aliphatic heterocycles. The summed E-state index contributed by atoms with van der Waals surface area (Å²) in [6.45, 7) is 4.44. The molecule has 0 fully saturated rings. The second-order valence-corrected chi connectivity index (χ2v) is 8.06. The molecule has 0 radical (unpaired) electrons. The Kier molecular flexibility index (Phi) is 8.12. The lowest BCUT2D eigenvalue weighted by atomic mass is 9.85. The number of anilines is 1. The summed E-state index contributed by atoms with van der Waals surface area (Å²) < 4.78 is 40.6. The standard InChI is InChI=1S/C23H25ClF3NO3/c1-4-15-5-8-17(9-6-15)20(14(3)23(25,26)27)21(29)28-19-12-16(7-10-18(19)24)11-13(2)22(30)31/h5-10,12-14,20H,4,11H2,1-3H3,(H,28,29)(H,30,31)/t13?,14-,20+/m1/s1. The van der Waals surface area contributed by atoms with Gasteiger partial charge in [0, 0.05) is 0 Å². The molecule has 3 atom stereocenters. The van der Waals surface area contributed by atoms with E-state index >= 15 is 0 Å². The molecule has 2 aromatic rings. The van der Waals surface area contributed by atoms with Crippen molar-refractivity contribution in [2.75, 3.05) is 5.32 Å². The topological polar surface area (TPSA) is 66.4 Å². The lowest BCUT2D eigenvalue weighted by Gasteiger charge is -2.26. The van der Waals surface area contributed by atoms with Crippen molar-refractivity contribution in [1.29, 1.82) is 0 Å². The van der Waals surface area contributed by atoms with E-state index in [0.29, 0.717) is 5.56 Å². The molecule has 2 N–H and O–H groups in total. The first-order valence-corrected chi connectivity index (χ1v) is 10.3. The predicted octanol–water partition coefficient (Wildman–Crippen LogP) is 6.09. The Balaban J connectivity index is 2.35. The quantitative estimate of drug-likeness (QED) is 0.506. The number of carboxylic acids is 1. The van der Waals surface area contributed by atoms with Crippen LogP contribution < -0.4 is 5.32 Å². The largest absolute Gasteiger partial charge is 0.481 e. The number of alkyl halides is 3. The van der Waals surface area contributed by atoms with Gasteiger partial charge in [0.1, 0.15) is 0 Å². The molecule has 0 aromatic heterocycles. The molecule has 1 unspecified atom stereocenters. The third kappa shape index (κ3) is 6.47. The van der Waals surface area contributed by atoms with Crippen molar-refractivity contribution in [3.63, 3.8) is 0 Å². The van der Waals surface area contributed by atoms with E-state index in [2.05, 4.69) is 5.32 Å². The van der Waals surface area contributed by atoms with Gasteiger partial charge < -0.3 is 10.4 Å². The number of benzene rings is 2. The zero-order valence-electron chi connectivity index (χ0n) is 17.5. The van der Waals surface area contributed by atoms with Crippen LogP contribution in [0.1, 0.15) is 43.4 Å². The predicted molar refractivity (Wildman–Crippen MR) is 114 cm³/mol. The molecular formula is C23H25ClF3NO3. The van der Waals surface area contributed by atoms with Crippen LogP contribution >= 0.6 is 11.6 Å². The Labute approximate surface area is 184 Å². The lowest BCUT2D eigenvalue weighted by molar-refractivity contribution is -0.178. The van der Waals surface area contributed by atoms with E-state index in [1.807, 2.05) is 6.92 Å². The van der Waals surface area contributed by atoms with Crippen molar-refractivity contribution < 1.29 is 27.9 Å². The van der Waals surface area contributed by atoms with Crippen molar-refractivity contribution in [2.45, 2.75) is 45.7 Å². The van der Waals surface area contributed by atoms with Crippen molar-refractivity contribution in [3.8, 4) is 0 Å². The van der Waals surface area contributed by atoms with Crippen LogP contribution in [0.4, 0.5) is 18.9 Å². The normalized spacial score (nSPS) is 14.5. The van der Waals surface area contributed by atoms with E-state index in [0.717, 1.165) is 18.9 Å². The van der Waals surface area contributed by atoms with Gasteiger partial charge in [-0.1, -0.05) is 62.7 Å². The molecule has 168 valence electrons. The number of carboxylic acid groups (broad SMARTS) is 1. The molecule has 31 heavy (non-hydrogen) atoms. The summed E-state index contributed by atoms with van der Waals surface area (Å²) in [6.07, 6.45) is -3.66. The number of nitrogens with one attached hydrogen (secondary N) is 1. The van der Waals surface area contributed by atoms with Crippen LogP contribution in [0.25, 0.3) is 0 Å². The van der Waals surface area contributed by atoms with Gasteiger partial charge in [-0.2, -0.15) is 13.2 Å². The minimum Gasteiger partial charge on any atom is -0.481 e. The summed E-state index contributed by atoms with van der Waals surface area (Å²) in [7, 11) is 0. The summed E-state index contributed by atoms with van der Waals surface area (Å²) >= 11 is 6.15. The summed E-state index contributed by atoms with van der Waals surface area (Å²) in [5.74, 6) is -5.87.